The molecular formula is C14H11FN2O4. The van der Waals surface area contributed by atoms with Crippen LogP contribution in [0.25, 0.3) is 0 Å². The van der Waals surface area contributed by atoms with Crippen molar-refractivity contribution >= 4 is 11.9 Å². The number of hydrogen-bond acceptors (Lipinski definition) is 4. The number of halogens is 1. The molecule has 0 radical (unpaired) electrons. The number of aromatic hydroxyl groups is 1. The first-order chi connectivity index (χ1) is 9.99. The molecule has 0 aliphatic carbocycles. The highest BCUT2D eigenvalue weighted by molar-refractivity contribution is 6.00. The fraction of sp³-hybridized carbons (Fsp3) is 0.0714. The van der Waals surface area contributed by atoms with Crippen LogP contribution in [0.5, 0.6) is 5.75 Å². The minimum absolute atomic E-state index is 0.0948. The van der Waals surface area contributed by atoms with Crippen LogP contribution >= 0.6 is 0 Å². The number of aromatic carboxylic acids is 1. The molecule has 0 bridgehead atoms. The van der Waals surface area contributed by atoms with E-state index in [1.807, 2.05) is 0 Å². The maximum absolute atomic E-state index is 12.7. The number of nitrogens with zero attached hydrogens (tertiary/aromatic N) is 1. The molecule has 0 atom stereocenters. The lowest BCUT2D eigenvalue weighted by Gasteiger charge is -2.07. The van der Waals surface area contributed by atoms with Gasteiger partial charge < -0.3 is 15.5 Å². The molecule has 0 aliphatic rings. The molecule has 2 rings (SSSR count). The molecule has 2 aromatic rings. The highest BCUT2D eigenvalue weighted by Gasteiger charge is 2.19. The van der Waals surface area contributed by atoms with Gasteiger partial charge in [0.05, 0.1) is 0 Å². The highest BCUT2D eigenvalue weighted by Crippen LogP contribution is 2.20. The first-order valence-electron chi connectivity index (χ1n) is 5.93. The van der Waals surface area contributed by atoms with E-state index in [0.29, 0.717) is 5.56 Å². The van der Waals surface area contributed by atoms with Gasteiger partial charge in [-0.1, -0.05) is 12.1 Å². The first-order valence-corrected chi connectivity index (χ1v) is 5.93. The second kappa shape index (κ2) is 6.00. The van der Waals surface area contributed by atoms with Gasteiger partial charge in [-0.3, -0.25) is 4.79 Å². The summed E-state index contributed by atoms with van der Waals surface area (Å²) < 4.78 is 12.7. The summed E-state index contributed by atoms with van der Waals surface area (Å²) in [6, 6.07) is 6.59. The summed E-state index contributed by atoms with van der Waals surface area (Å²) in [5, 5.41) is 21.0. The summed E-state index contributed by atoms with van der Waals surface area (Å²) in [5.41, 5.74) is -0.132. The molecule has 0 saturated heterocycles. The lowest BCUT2D eigenvalue weighted by Crippen LogP contribution is -2.24. The van der Waals surface area contributed by atoms with E-state index in [9.17, 15) is 19.1 Å². The van der Waals surface area contributed by atoms with Crippen molar-refractivity contribution in [3.63, 3.8) is 0 Å². The quantitative estimate of drug-likeness (QED) is 0.793. The molecule has 7 heteroatoms. The maximum atomic E-state index is 12.7. The number of amides is 1. The van der Waals surface area contributed by atoms with Gasteiger partial charge in [-0.2, -0.15) is 0 Å². The van der Waals surface area contributed by atoms with Crippen molar-refractivity contribution in [3.05, 3.63) is 59.2 Å². The van der Waals surface area contributed by atoms with Crippen molar-refractivity contribution in [3.8, 4) is 5.75 Å². The van der Waals surface area contributed by atoms with Gasteiger partial charge in [-0.25, -0.2) is 14.2 Å². The Labute approximate surface area is 118 Å². The van der Waals surface area contributed by atoms with Crippen molar-refractivity contribution in [2.24, 2.45) is 0 Å². The number of benzene rings is 1. The lowest BCUT2D eigenvalue weighted by molar-refractivity contribution is 0.0693. The van der Waals surface area contributed by atoms with Crippen molar-refractivity contribution in [1.82, 2.24) is 10.3 Å². The highest BCUT2D eigenvalue weighted by atomic mass is 19.1. The second-order valence-corrected chi connectivity index (χ2v) is 4.17. The van der Waals surface area contributed by atoms with E-state index in [0.717, 1.165) is 12.3 Å². The van der Waals surface area contributed by atoms with Gasteiger partial charge in [-0.15, -0.1) is 0 Å². The first kappa shape index (κ1) is 14.4. The summed E-state index contributed by atoms with van der Waals surface area (Å²) >= 11 is 0. The number of carboxylic acid groups (broad SMARTS) is 1. The van der Waals surface area contributed by atoms with E-state index in [4.69, 9.17) is 5.11 Å². The predicted molar refractivity (Wildman–Crippen MR) is 70.4 cm³/mol. The molecule has 1 amide bonds. The summed E-state index contributed by atoms with van der Waals surface area (Å²) in [6.07, 6.45) is 1.12. The number of rotatable bonds is 4. The van der Waals surface area contributed by atoms with Crippen LogP contribution in [0.4, 0.5) is 4.39 Å². The van der Waals surface area contributed by atoms with Crippen LogP contribution < -0.4 is 5.32 Å². The zero-order chi connectivity index (χ0) is 15.4. The molecule has 108 valence electrons. The van der Waals surface area contributed by atoms with Gasteiger partial charge in [0.2, 0.25) is 0 Å². The molecule has 1 heterocycles. The molecule has 3 N–H and O–H groups in total. The van der Waals surface area contributed by atoms with Gasteiger partial charge in [-0.05, 0) is 23.8 Å². The van der Waals surface area contributed by atoms with E-state index in [1.165, 1.54) is 24.3 Å². The predicted octanol–water partition coefficient (Wildman–Crippen LogP) is 1.55. The number of aromatic nitrogens is 1. The molecule has 21 heavy (non-hydrogen) atoms. The topological polar surface area (TPSA) is 99.5 Å². The van der Waals surface area contributed by atoms with Crippen LogP contribution in [-0.2, 0) is 6.54 Å². The third kappa shape index (κ3) is 3.33. The average Bonchev–Trinajstić information content (AvgIpc) is 2.46. The van der Waals surface area contributed by atoms with E-state index in [2.05, 4.69) is 10.3 Å². The van der Waals surface area contributed by atoms with Crippen LogP contribution in [0, 0.1) is 5.82 Å². The molecule has 0 fully saturated rings. The van der Waals surface area contributed by atoms with Gasteiger partial charge in [0.1, 0.15) is 11.4 Å². The largest absolute Gasteiger partial charge is 0.505 e. The Bertz CT molecular complexity index is 686. The Morgan fingerprint density at radius 3 is 2.48 bits per heavy atom. The van der Waals surface area contributed by atoms with Crippen LogP contribution in [0.1, 0.15) is 26.4 Å². The van der Waals surface area contributed by atoms with Gasteiger partial charge in [0, 0.05) is 12.7 Å². The molecule has 0 aliphatic heterocycles. The summed E-state index contributed by atoms with van der Waals surface area (Å²) in [5.74, 6) is -3.16. The van der Waals surface area contributed by atoms with Gasteiger partial charge in [0.15, 0.2) is 11.4 Å². The Morgan fingerprint density at radius 1 is 1.19 bits per heavy atom. The van der Waals surface area contributed by atoms with Crippen molar-refractivity contribution in [2.75, 3.05) is 0 Å². The molecular weight excluding hydrogens is 279 g/mol. The van der Waals surface area contributed by atoms with Crippen molar-refractivity contribution in [1.29, 1.82) is 0 Å². The maximum Gasteiger partial charge on any atom is 0.339 e. The zero-order valence-electron chi connectivity index (χ0n) is 10.7. The Kier molecular flexibility index (Phi) is 4.13. The fourth-order valence-corrected chi connectivity index (χ4v) is 1.66. The summed E-state index contributed by atoms with van der Waals surface area (Å²) in [7, 11) is 0. The molecule has 1 aromatic carbocycles. The number of carbonyl (C=O) groups excluding carboxylic acids is 1. The number of pyridine rings is 1. The standard InChI is InChI=1S/C14H11FN2O4/c15-9-3-1-8(2-4-9)7-17-13(19)11-12(18)10(14(20)21)5-6-16-11/h1-6,18H,7H2,(H,17,19)(H,20,21). The Morgan fingerprint density at radius 2 is 1.86 bits per heavy atom. The number of hydrogen-bond donors (Lipinski definition) is 3. The Hall–Kier alpha value is -2.96. The van der Waals surface area contributed by atoms with Crippen LogP contribution in [0.15, 0.2) is 36.5 Å². The lowest BCUT2D eigenvalue weighted by atomic mass is 10.2. The van der Waals surface area contributed by atoms with Crippen molar-refractivity contribution < 1.29 is 24.2 Å². The average molecular weight is 290 g/mol. The third-order valence-electron chi connectivity index (χ3n) is 2.74. The molecule has 0 unspecified atom stereocenters. The van der Waals surface area contributed by atoms with E-state index >= 15 is 0 Å². The molecule has 1 aromatic heterocycles. The normalized spacial score (nSPS) is 10.1. The van der Waals surface area contributed by atoms with E-state index < -0.39 is 29.0 Å². The van der Waals surface area contributed by atoms with Gasteiger partial charge >= 0.3 is 5.97 Å². The van der Waals surface area contributed by atoms with E-state index in [-0.39, 0.29) is 12.2 Å². The SMILES string of the molecule is O=C(O)c1ccnc(C(=O)NCc2ccc(F)cc2)c1O. The number of carbonyl (C=O) groups is 2. The number of carboxylic acids is 1. The second-order valence-electron chi connectivity index (χ2n) is 4.17. The Balaban J connectivity index is 2.12. The third-order valence-corrected chi connectivity index (χ3v) is 2.74. The van der Waals surface area contributed by atoms with Crippen molar-refractivity contribution in [2.45, 2.75) is 6.54 Å². The monoisotopic (exact) mass is 290 g/mol. The number of nitrogens with one attached hydrogen (secondary N) is 1. The molecule has 0 saturated carbocycles. The zero-order valence-corrected chi connectivity index (χ0v) is 10.7. The van der Waals surface area contributed by atoms with Gasteiger partial charge in [0.25, 0.3) is 5.91 Å². The smallest absolute Gasteiger partial charge is 0.339 e. The van der Waals surface area contributed by atoms with Crippen LogP contribution in [0.2, 0.25) is 0 Å². The minimum Gasteiger partial charge on any atom is -0.505 e. The summed E-state index contributed by atoms with van der Waals surface area (Å²) in [6.45, 7) is 0.0948. The fourth-order valence-electron chi connectivity index (χ4n) is 1.66. The van der Waals surface area contributed by atoms with Crippen LogP contribution in [-0.4, -0.2) is 27.1 Å². The van der Waals surface area contributed by atoms with E-state index in [1.54, 1.807) is 0 Å². The molecule has 0 spiro atoms. The minimum atomic E-state index is -1.36. The van der Waals surface area contributed by atoms with Crippen LogP contribution in [0.3, 0.4) is 0 Å². The molecule has 6 nitrogen and oxygen atoms in total. The summed E-state index contributed by atoms with van der Waals surface area (Å²) in [4.78, 5) is 26.4.